The minimum atomic E-state index is -2.30. The molecule has 5 nitrogen and oxygen atoms in total. The number of anilines is 1. The van der Waals surface area contributed by atoms with Crippen LogP contribution < -0.4 is 5.32 Å². The van der Waals surface area contributed by atoms with Gasteiger partial charge in [0.25, 0.3) is 11.8 Å². The Kier molecular flexibility index (Phi) is 3.38. The Morgan fingerprint density at radius 2 is 1.50 bits per heavy atom. The van der Waals surface area contributed by atoms with E-state index >= 15 is 0 Å². The van der Waals surface area contributed by atoms with Crippen molar-refractivity contribution in [2.75, 3.05) is 5.32 Å². The molecule has 0 atom stereocenters. The summed E-state index contributed by atoms with van der Waals surface area (Å²) in [6.07, 6.45) is 0. The van der Waals surface area contributed by atoms with Crippen molar-refractivity contribution >= 4 is 11.9 Å². The zero-order chi connectivity index (χ0) is 15.0. The van der Waals surface area contributed by atoms with E-state index in [1.54, 1.807) is 0 Å². The summed E-state index contributed by atoms with van der Waals surface area (Å²) in [5, 5.41) is 5.12. The Morgan fingerprint density at radius 1 is 1.00 bits per heavy atom. The van der Waals surface area contributed by atoms with Crippen LogP contribution in [0.4, 0.5) is 27.9 Å². The first kappa shape index (κ1) is 13.9. The molecular weight excluding hydrogens is 289 g/mol. The highest BCUT2D eigenvalue weighted by Crippen LogP contribution is 2.30. The molecule has 106 valence electrons. The number of aromatic nitrogens is 2. The van der Waals surface area contributed by atoms with Gasteiger partial charge in [-0.1, -0.05) is 0 Å². The fraction of sp³-hybridized carbons (Fsp3) is 0.100. The molecule has 1 aromatic carbocycles. The molecule has 1 N–H and O–H groups in total. The van der Waals surface area contributed by atoms with E-state index in [-0.39, 0.29) is 0 Å². The van der Waals surface area contributed by atoms with Crippen molar-refractivity contribution in [3.05, 3.63) is 29.1 Å². The van der Waals surface area contributed by atoms with E-state index in [4.69, 9.17) is 0 Å². The summed E-state index contributed by atoms with van der Waals surface area (Å²) < 4.78 is 70.0. The first-order chi connectivity index (χ1) is 9.32. The average molecular weight is 293 g/mol. The quantitative estimate of drug-likeness (QED) is 0.524. The lowest BCUT2D eigenvalue weighted by Gasteiger charge is -2.03. The van der Waals surface area contributed by atoms with Crippen molar-refractivity contribution in [2.45, 2.75) is 6.92 Å². The number of rotatable bonds is 2. The summed E-state index contributed by atoms with van der Waals surface area (Å²) in [6, 6.07) is 0. The van der Waals surface area contributed by atoms with E-state index in [9.17, 15) is 26.7 Å². The molecule has 0 aliphatic heterocycles. The van der Waals surface area contributed by atoms with Crippen molar-refractivity contribution in [3.8, 4) is 11.5 Å². The second-order valence-corrected chi connectivity index (χ2v) is 3.55. The molecule has 1 aromatic heterocycles. The van der Waals surface area contributed by atoms with Crippen LogP contribution in [0, 0.1) is 29.1 Å². The van der Waals surface area contributed by atoms with Gasteiger partial charge >= 0.3 is 0 Å². The number of halogens is 5. The molecule has 1 heterocycles. The molecule has 2 rings (SSSR count). The molecule has 1 amide bonds. The number of carbonyl (C=O) groups is 1. The first-order valence-electron chi connectivity index (χ1n) is 4.96. The maximum atomic E-state index is 13.4. The van der Waals surface area contributed by atoms with Crippen molar-refractivity contribution in [3.63, 3.8) is 0 Å². The monoisotopic (exact) mass is 293 g/mol. The molecule has 20 heavy (non-hydrogen) atoms. The number of hydrogen-bond donors (Lipinski definition) is 1. The Bertz CT molecular complexity index is 671. The number of nitrogens with one attached hydrogen (secondary N) is 1. The number of hydrogen-bond acceptors (Lipinski definition) is 4. The standard InChI is InChI=1S/C10H4F5N3O2/c1-2(19)16-10-17-9(20-18-10)3-4(11)6(13)8(15)7(14)5(3)12/h1H3,(H,16,18,19). The van der Waals surface area contributed by atoms with Gasteiger partial charge < -0.3 is 4.52 Å². The maximum absolute atomic E-state index is 13.4. The summed E-state index contributed by atoms with van der Waals surface area (Å²) in [5.41, 5.74) is -1.37. The third-order valence-electron chi connectivity index (χ3n) is 2.14. The van der Waals surface area contributed by atoms with Crippen molar-refractivity contribution in [1.29, 1.82) is 0 Å². The van der Waals surface area contributed by atoms with E-state index in [0.29, 0.717) is 0 Å². The highest BCUT2D eigenvalue weighted by molar-refractivity contribution is 5.86. The van der Waals surface area contributed by atoms with Gasteiger partial charge in [-0.3, -0.25) is 10.1 Å². The highest BCUT2D eigenvalue weighted by Gasteiger charge is 2.29. The second-order valence-electron chi connectivity index (χ2n) is 3.55. The lowest BCUT2D eigenvalue weighted by Crippen LogP contribution is -2.07. The van der Waals surface area contributed by atoms with Gasteiger partial charge in [0, 0.05) is 6.92 Å². The van der Waals surface area contributed by atoms with Crippen LogP contribution in [0.25, 0.3) is 11.5 Å². The van der Waals surface area contributed by atoms with Gasteiger partial charge in [-0.05, 0) is 5.16 Å². The summed E-state index contributed by atoms with van der Waals surface area (Å²) in [6.45, 7) is 1.09. The summed E-state index contributed by atoms with van der Waals surface area (Å²) in [4.78, 5) is 14.0. The van der Waals surface area contributed by atoms with Gasteiger partial charge in [-0.2, -0.15) is 4.98 Å². The minimum absolute atomic E-state index is 0.476. The lowest BCUT2D eigenvalue weighted by molar-refractivity contribution is -0.114. The SMILES string of the molecule is CC(=O)Nc1noc(-c2c(F)c(F)c(F)c(F)c2F)n1. The van der Waals surface area contributed by atoms with Gasteiger partial charge in [0.2, 0.25) is 11.7 Å². The lowest BCUT2D eigenvalue weighted by atomic mass is 10.1. The molecule has 10 heteroatoms. The molecular formula is C10H4F5N3O2. The number of carbonyl (C=O) groups excluding carboxylic acids is 1. The van der Waals surface area contributed by atoms with E-state index in [1.807, 2.05) is 5.32 Å². The Labute approximate surface area is 107 Å². The fourth-order valence-corrected chi connectivity index (χ4v) is 1.33. The van der Waals surface area contributed by atoms with E-state index < -0.39 is 52.4 Å². The molecule has 2 aromatic rings. The maximum Gasteiger partial charge on any atom is 0.270 e. The average Bonchev–Trinajstić information content (AvgIpc) is 2.81. The number of benzene rings is 1. The van der Waals surface area contributed by atoms with Crippen molar-refractivity contribution in [2.24, 2.45) is 0 Å². The fourth-order valence-electron chi connectivity index (χ4n) is 1.33. The van der Waals surface area contributed by atoms with E-state index in [2.05, 4.69) is 14.7 Å². The second kappa shape index (κ2) is 4.87. The molecule has 0 fully saturated rings. The largest absolute Gasteiger partial charge is 0.332 e. The topological polar surface area (TPSA) is 68.0 Å². The van der Waals surface area contributed by atoms with Crippen LogP contribution >= 0.6 is 0 Å². The number of nitrogens with zero attached hydrogens (tertiary/aromatic N) is 2. The third-order valence-corrected chi connectivity index (χ3v) is 2.14. The zero-order valence-electron chi connectivity index (χ0n) is 9.60. The summed E-state index contributed by atoms with van der Waals surface area (Å²) in [5.74, 6) is -12.9. The molecule has 0 saturated carbocycles. The number of amides is 1. The van der Waals surface area contributed by atoms with Gasteiger partial charge in [0.05, 0.1) is 0 Å². The predicted octanol–water partition coefficient (Wildman–Crippen LogP) is 2.39. The highest BCUT2D eigenvalue weighted by atomic mass is 19.2. The van der Waals surface area contributed by atoms with Crippen molar-refractivity contribution in [1.82, 2.24) is 10.1 Å². The van der Waals surface area contributed by atoms with Crippen molar-refractivity contribution < 1.29 is 31.3 Å². The summed E-state index contributed by atoms with van der Waals surface area (Å²) >= 11 is 0. The van der Waals surface area contributed by atoms with Gasteiger partial charge in [-0.25, -0.2) is 22.0 Å². The molecule has 0 unspecified atom stereocenters. The van der Waals surface area contributed by atoms with Crippen LogP contribution in [0.3, 0.4) is 0 Å². The van der Waals surface area contributed by atoms with Gasteiger partial charge in [0.15, 0.2) is 23.3 Å². The van der Waals surface area contributed by atoms with Crippen LogP contribution in [0.5, 0.6) is 0 Å². The Morgan fingerprint density at radius 3 is 2.00 bits per heavy atom. The van der Waals surface area contributed by atoms with Crippen LogP contribution in [0.15, 0.2) is 4.52 Å². The van der Waals surface area contributed by atoms with Gasteiger partial charge in [0.1, 0.15) is 5.56 Å². The van der Waals surface area contributed by atoms with Crippen LogP contribution in [-0.4, -0.2) is 16.0 Å². The van der Waals surface area contributed by atoms with Gasteiger partial charge in [-0.15, -0.1) is 0 Å². The predicted molar refractivity (Wildman–Crippen MR) is 53.8 cm³/mol. The molecule has 0 radical (unpaired) electrons. The molecule has 0 spiro atoms. The molecule has 0 bridgehead atoms. The van der Waals surface area contributed by atoms with Crippen LogP contribution in [0.1, 0.15) is 6.92 Å². The smallest absolute Gasteiger partial charge is 0.270 e. The van der Waals surface area contributed by atoms with Crippen LogP contribution in [0.2, 0.25) is 0 Å². The third kappa shape index (κ3) is 2.19. The zero-order valence-corrected chi connectivity index (χ0v) is 9.60. The minimum Gasteiger partial charge on any atom is -0.332 e. The Hall–Kier alpha value is -2.52. The Balaban J connectivity index is 2.58. The van der Waals surface area contributed by atoms with E-state index in [0.717, 1.165) is 6.92 Å². The first-order valence-corrected chi connectivity index (χ1v) is 4.96. The molecule has 0 saturated heterocycles. The normalized spacial score (nSPS) is 10.7. The summed E-state index contributed by atoms with van der Waals surface area (Å²) in [7, 11) is 0. The van der Waals surface area contributed by atoms with E-state index in [1.165, 1.54) is 0 Å². The molecule has 0 aliphatic rings. The molecule has 0 aliphatic carbocycles. The van der Waals surface area contributed by atoms with Crippen LogP contribution in [-0.2, 0) is 4.79 Å².